The van der Waals surface area contributed by atoms with Crippen molar-refractivity contribution in [2.75, 3.05) is 26.2 Å². The number of urea groups is 2. The Morgan fingerprint density at radius 3 is 2.48 bits per heavy atom. The molecule has 29 heavy (non-hydrogen) atoms. The monoisotopic (exact) mass is 398 g/mol. The SMILES string of the molecule is O=C(NCCCN1C(=O)NC2(CCCC2)C1=O)N1CCC(c2ccccc2)CC1. The van der Waals surface area contributed by atoms with Crippen molar-refractivity contribution in [1.82, 2.24) is 20.4 Å². The number of hydrogen-bond donors (Lipinski definition) is 2. The lowest BCUT2D eigenvalue weighted by molar-refractivity contribution is -0.131. The first-order chi connectivity index (χ1) is 14.1. The third kappa shape index (κ3) is 4.09. The van der Waals surface area contributed by atoms with Crippen LogP contribution in [0.3, 0.4) is 0 Å². The summed E-state index contributed by atoms with van der Waals surface area (Å²) in [6.07, 6.45) is 5.96. The van der Waals surface area contributed by atoms with Crippen LogP contribution in [0.2, 0.25) is 0 Å². The average Bonchev–Trinajstić information content (AvgIpc) is 3.31. The summed E-state index contributed by atoms with van der Waals surface area (Å²) in [5.41, 5.74) is 0.699. The van der Waals surface area contributed by atoms with Crippen LogP contribution in [0, 0.1) is 0 Å². The highest BCUT2D eigenvalue weighted by Gasteiger charge is 2.51. The number of piperidine rings is 1. The van der Waals surface area contributed by atoms with Crippen molar-refractivity contribution >= 4 is 18.0 Å². The van der Waals surface area contributed by atoms with Gasteiger partial charge in [0.15, 0.2) is 0 Å². The lowest BCUT2D eigenvalue weighted by atomic mass is 9.90. The van der Waals surface area contributed by atoms with Gasteiger partial charge in [-0.15, -0.1) is 0 Å². The largest absolute Gasteiger partial charge is 0.338 e. The Hall–Kier alpha value is -2.57. The zero-order chi connectivity index (χ0) is 20.3. The van der Waals surface area contributed by atoms with E-state index in [0.717, 1.165) is 51.6 Å². The Labute approximate surface area is 171 Å². The smallest absolute Gasteiger partial charge is 0.325 e. The quantitative estimate of drug-likeness (QED) is 0.591. The average molecular weight is 399 g/mol. The van der Waals surface area contributed by atoms with Gasteiger partial charge in [0.2, 0.25) is 0 Å². The molecule has 5 amide bonds. The summed E-state index contributed by atoms with van der Waals surface area (Å²) in [5.74, 6) is 0.428. The number of likely N-dealkylation sites (tertiary alicyclic amines) is 1. The lowest BCUT2D eigenvalue weighted by Gasteiger charge is -2.32. The van der Waals surface area contributed by atoms with E-state index in [1.54, 1.807) is 0 Å². The predicted molar refractivity (Wildman–Crippen MR) is 109 cm³/mol. The van der Waals surface area contributed by atoms with Crippen molar-refractivity contribution in [2.24, 2.45) is 0 Å². The molecular formula is C22H30N4O3. The zero-order valence-electron chi connectivity index (χ0n) is 16.9. The van der Waals surface area contributed by atoms with Crippen LogP contribution in [0.1, 0.15) is 56.4 Å². The van der Waals surface area contributed by atoms with Gasteiger partial charge in [-0.25, -0.2) is 9.59 Å². The minimum Gasteiger partial charge on any atom is -0.338 e. The fourth-order valence-electron chi connectivity index (χ4n) is 4.88. The van der Waals surface area contributed by atoms with Crippen LogP contribution in [-0.4, -0.2) is 59.5 Å². The molecule has 0 aromatic heterocycles. The van der Waals surface area contributed by atoms with Crippen molar-refractivity contribution < 1.29 is 14.4 Å². The molecule has 156 valence electrons. The first-order valence-corrected chi connectivity index (χ1v) is 10.8. The van der Waals surface area contributed by atoms with Crippen molar-refractivity contribution in [3.8, 4) is 0 Å². The van der Waals surface area contributed by atoms with Crippen molar-refractivity contribution in [2.45, 2.75) is 56.4 Å². The highest BCUT2D eigenvalue weighted by atomic mass is 16.2. The highest BCUT2D eigenvalue weighted by Crippen LogP contribution is 2.35. The fourth-order valence-corrected chi connectivity index (χ4v) is 4.88. The first kappa shape index (κ1) is 19.7. The van der Waals surface area contributed by atoms with Crippen molar-refractivity contribution in [3.05, 3.63) is 35.9 Å². The number of benzene rings is 1. The van der Waals surface area contributed by atoms with E-state index in [-0.39, 0.29) is 18.0 Å². The molecule has 4 rings (SSSR count). The van der Waals surface area contributed by atoms with Crippen LogP contribution in [0.5, 0.6) is 0 Å². The molecular weight excluding hydrogens is 368 g/mol. The van der Waals surface area contributed by atoms with E-state index in [9.17, 15) is 14.4 Å². The van der Waals surface area contributed by atoms with Gasteiger partial charge in [0.05, 0.1) is 0 Å². The molecule has 2 N–H and O–H groups in total. The number of nitrogens with one attached hydrogen (secondary N) is 2. The number of carbonyl (C=O) groups excluding carboxylic acids is 3. The van der Waals surface area contributed by atoms with Gasteiger partial charge in [0, 0.05) is 26.2 Å². The maximum atomic E-state index is 12.6. The molecule has 3 aliphatic rings. The molecule has 1 aromatic rings. The van der Waals surface area contributed by atoms with Gasteiger partial charge in [-0.05, 0) is 43.6 Å². The maximum absolute atomic E-state index is 12.6. The van der Waals surface area contributed by atoms with E-state index in [4.69, 9.17) is 0 Å². The molecule has 3 fully saturated rings. The van der Waals surface area contributed by atoms with E-state index >= 15 is 0 Å². The second-order valence-electron chi connectivity index (χ2n) is 8.43. The lowest BCUT2D eigenvalue weighted by Crippen LogP contribution is -2.45. The molecule has 0 atom stereocenters. The van der Waals surface area contributed by atoms with Crippen LogP contribution in [-0.2, 0) is 4.79 Å². The summed E-state index contributed by atoms with van der Waals surface area (Å²) in [4.78, 5) is 40.4. The summed E-state index contributed by atoms with van der Waals surface area (Å²) < 4.78 is 0. The molecule has 0 unspecified atom stereocenters. The van der Waals surface area contributed by atoms with Crippen LogP contribution in [0.4, 0.5) is 9.59 Å². The Balaban J connectivity index is 1.17. The Kier molecular flexibility index (Phi) is 5.74. The van der Waals surface area contributed by atoms with Gasteiger partial charge in [-0.1, -0.05) is 43.2 Å². The van der Waals surface area contributed by atoms with Crippen LogP contribution < -0.4 is 10.6 Å². The van der Waals surface area contributed by atoms with E-state index in [0.29, 0.717) is 25.4 Å². The van der Waals surface area contributed by atoms with Gasteiger partial charge in [0.1, 0.15) is 5.54 Å². The number of amides is 5. The van der Waals surface area contributed by atoms with E-state index in [1.807, 2.05) is 11.0 Å². The standard InChI is InChI=1S/C22H30N4O3/c27-19-22(11-4-5-12-22)24-21(29)26(19)14-6-13-23-20(28)25-15-9-18(10-16-25)17-7-2-1-3-8-17/h1-3,7-8,18H,4-6,9-16H2,(H,23,28)(H,24,29). The molecule has 1 spiro atoms. The van der Waals surface area contributed by atoms with Gasteiger partial charge in [-0.3, -0.25) is 9.69 Å². The zero-order valence-corrected chi connectivity index (χ0v) is 16.9. The molecule has 2 saturated heterocycles. The van der Waals surface area contributed by atoms with E-state index in [1.165, 1.54) is 10.5 Å². The van der Waals surface area contributed by atoms with Crippen LogP contribution in [0.15, 0.2) is 30.3 Å². The molecule has 7 heteroatoms. The molecule has 0 radical (unpaired) electrons. The van der Waals surface area contributed by atoms with E-state index in [2.05, 4.69) is 34.9 Å². The molecule has 7 nitrogen and oxygen atoms in total. The molecule has 1 saturated carbocycles. The van der Waals surface area contributed by atoms with Crippen LogP contribution in [0.25, 0.3) is 0 Å². The number of hydrogen-bond acceptors (Lipinski definition) is 3. The number of imide groups is 1. The van der Waals surface area contributed by atoms with Gasteiger partial charge < -0.3 is 15.5 Å². The summed E-state index contributed by atoms with van der Waals surface area (Å²) in [6, 6.07) is 10.1. The normalized spacial score (nSPS) is 21.7. The van der Waals surface area contributed by atoms with Gasteiger partial charge in [0.25, 0.3) is 5.91 Å². The molecule has 0 bridgehead atoms. The minimum absolute atomic E-state index is 0.0547. The molecule has 2 heterocycles. The first-order valence-electron chi connectivity index (χ1n) is 10.8. The van der Waals surface area contributed by atoms with E-state index < -0.39 is 5.54 Å². The predicted octanol–water partition coefficient (Wildman–Crippen LogP) is 2.83. The number of nitrogens with zero attached hydrogens (tertiary/aromatic N) is 2. The molecule has 1 aromatic carbocycles. The summed E-state index contributed by atoms with van der Waals surface area (Å²) in [5, 5.41) is 5.83. The third-order valence-electron chi connectivity index (χ3n) is 6.59. The fraction of sp³-hybridized carbons (Fsp3) is 0.591. The molecule has 1 aliphatic carbocycles. The number of carbonyl (C=O) groups is 3. The maximum Gasteiger partial charge on any atom is 0.325 e. The Bertz CT molecular complexity index is 753. The van der Waals surface area contributed by atoms with Crippen molar-refractivity contribution in [1.29, 1.82) is 0 Å². The minimum atomic E-state index is -0.649. The van der Waals surface area contributed by atoms with Gasteiger partial charge >= 0.3 is 12.1 Å². The Morgan fingerprint density at radius 1 is 1.10 bits per heavy atom. The summed E-state index contributed by atoms with van der Waals surface area (Å²) in [7, 11) is 0. The summed E-state index contributed by atoms with van der Waals surface area (Å²) in [6.45, 7) is 2.31. The second-order valence-corrected chi connectivity index (χ2v) is 8.43. The Morgan fingerprint density at radius 2 is 1.79 bits per heavy atom. The van der Waals surface area contributed by atoms with Gasteiger partial charge in [-0.2, -0.15) is 0 Å². The second kappa shape index (κ2) is 8.43. The molecule has 2 aliphatic heterocycles. The van der Waals surface area contributed by atoms with Crippen molar-refractivity contribution in [3.63, 3.8) is 0 Å². The topological polar surface area (TPSA) is 81.8 Å². The number of rotatable bonds is 5. The highest BCUT2D eigenvalue weighted by molar-refractivity contribution is 6.07. The van der Waals surface area contributed by atoms with Crippen LogP contribution >= 0.6 is 0 Å². The summed E-state index contributed by atoms with van der Waals surface area (Å²) >= 11 is 0. The third-order valence-corrected chi connectivity index (χ3v) is 6.59.